The Morgan fingerprint density at radius 1 is 1.18 bits per heavy atom. The zero-order valence-electron chi connectivity index (χ0n) is 12.8. The van der Waals surface area contributed by atoms with Gasteiger partial charge in [0, 0.05) is 10.8 Å². The third kappa shape index (κ3) is 5.08. The van der Waals surface area contributed by atoms with Crippen molar-refractivity contribution in [3.8, 4) is 0 Å². The number of hydrogen-bond donors (Lipinski definition) is 1. The summed E-state index contributed by atoms with van der Waals surface area (Å²) in [6.45, 7) is 4.02. The van der Waals surface area contributed by atoms with Crippen molar-refractivity contribution in [2.45, 2.75) is 25.6 Å². The van der Waals surface area contributed by atoms with Crippen LogP contribution >= 0.6 is 23.4 Å². The number of rotatable bonds is 6. The Morgan fingerprint density at radius 3 is 2.55 bits per heavy atom. The monoisotopic (exact) mass is 333 g/mol. The van der Waals surface area contributed by atoms with E-state index in [1.807, 2.05) is 31.2 Å². The van der Waals surface area contributed by atoms with Gasteiger partial charge in [0.2, 0.25) is 5.91 Å². The summed E-state index contributed by atoms with van der Waals surface area (Å²) in [6, 6.07) is 15.9. The predicted octanol–water partition coefficient (Wildman–Crippen LogP) is 4.76. The number of amides is 1. The lowest BCUT2D eigenvalue weighted by Gasteiger charge is -2.15. The summed E-state index contributed by atoms with van der Waals surface area (Å²) >= 11 is 7.76. The van der Waals surface area contributed by atoms with Crippen LogP contribution in [0.4, 0.5) is 0 Å². The Hall–Kier alpha value is -1.45. The summed E-state index contributed by atoms with van der Waals surface area (Å²) in [7, 11) is 0. The molecular formula is C18H20ClNOS. The van der Waals surface area contributed by atoms with Gasteiger partial charge in [-0.1, -0.05) is 59.6 Å². The normalized spacial score (nSPS) is 12.0. The molecule has 1 amide bonds. The number of thioether (sulfide) groups is 1. The summed E-state index contributed by atoms with van der Waals surface area (Å²) in [5.74, 6) is 1.32. The summed E-state index contributed by atoms with van der Waals surface area (Å²) in [4.78, 5) is 12.0. The summed E-state index contributed by atoms with van der Waals surface area (Å²) in [6.07, 6.45) is 0. The first-order valence-electron chi connectivity index (χ1n) is 7.23. The van der Waals surface area contributed by atoms with Gasteiger partial charge in [-0.15, -0.1) is 11.8 Å². The first-order valence-corrected chi connectivity index (χ1v) is 8.76. The molecule has 0 fully saturated rings. The maximum atomic E-state index is 12.0. The fourth-order valence-corrected chi connectivity index (χ4v) is 3.23. The minimum atomic E-state index is -0.0822. The zero-order chi connectivity index (χ0) is 15.9. The van der Waals surface area contributed by atoms with Gasteiger partial charge in [-0.3, -0.25) is 4.79 Å². The van der Waals surface area contributed by atoms with Gasteiger partial charge in [0.05, 0.1) is 11.8 Å². The number of halogens is 1. The molecular weight excluding hydrogens is 314 g/mol. The Labute approximate surface area is 141 Å². The van der Waals surface area contributed by atoms with Crippen LogP contribution in [0.1, 0.15) is 29.7 Å². The van der Waals surface area contributed by atoms with Crippen molar-refractivity contribution in [3.05, 3.63) is 70.2 Å². The van der Waals surface area contributed by atoms with E-state index < -0.39 is 0 Å². The van der Waals surface area contributed by atoms with E-state index >= 15 is 0 Å². The maximum absolute atomic E-state index is 12.0. The van der Waals surface area contributed by atoms with E-state index in [4.69, 9.17) is 11.6 Å². The van der Waals surface area contributed by atoms with Gasteiger partial charge in [0.1, 0.15) is 0 Å². The first-order chi connectivity index (χ1) is 10.6. The third-order valence-electron chi connectivity index (χ3n) is 3.37. The van der Waals surface area contributed by atoms with Crippen molar-refractivity contribution in [1.82, 2.24) is 5.32 Å². The average Bonchev–Trinajstić information content (AvgIpc) is 2.49. The molecule has 2 rings (SSSR count). The van der Waals surface area contributed by atoms with Crippen LogP contribution in [-0.4, -0.2) is 11.7 Å². The van der Waals surface area contributed by atoms with E-state index in [9.17, 15) is 4.79 Å². The number of nitrogens with one attached hydrogen (secondary N) is 1. The van der Waals surface area contributed by atoms with Gasteiger partial charge in [0.15, 0.2) is 0 Å². The minimum Gasteiger partial charge on any atom is -0.349 e. The van der Waals surface area contributed by atoms with Gasteiger partial charge >= 0.3 is 0 Å². The van der Waals surface area contributed by atoms with Crippen LogP contribution < -0.4 is 5.32 Å². The summed E-state index contributed by atoms with van der Waals surface area (Å²) < 4.78 is 0. The van der Waals surface area contributed by atoms with Crippen molar-refractivity contribution in [3.63, 3.8) is 0 Å². The van der Waals surface area contributed by atoms with Gasteiger partial charge in [-0.2, -0.15) is 0 Å². The lowest BCUT2D eigenvalue weighted by Crippen LogP contribution is -2.28. The molecule has 0 heterocycles. The Bertz CT molecular complexity index is 627. The number of aryl methyl sites for hydroxylation is 1. The second kappa shape index (κ2) is 8.25. The quantitative estimate of drug-likeness (QED) is 0.825. The standard InChI is InChI=1S/C18H20ClNOS/c1-13-7-9-15(10-8-13)11-22-12-18(21)20-14(2)16-5-3-4-6-17(16)19/h3-10,14H,11-12H2,1-2H3,(H,20,21)/t14-/m1/s1. The molecule has 2 aromatic carbocycles. The second-order valence-corrected chi connectivity index (χ2v) is 6.68. The van der Waals surface area contributed by atoms with Crippen molar-refractivity contribution in [2.75, 3.05) is 5.75 Å². The topological polar surface area (TPSA) is 29.1 Å². The molecule has 0 spiro atoms. The molecule has 4 heteroatoms. The molecule has 0 aliphatic heterocycles. The highest BCUT2D eigenvalue weighted by atomic mass is 35.5. The third-order valence-corrected chi connectivity index (χ3v) is 4.72. The number of carbonyl (C=O) groups excluding carboxylic acids is 1. The zero-order valence-corrected chi connectivity index (χ0v) is 14.4. The van der Waals surface area contributed by atoms with Gasteiger partial charge in [-0.05, 0) is 31.0 Å². The fraction of sp³-hybridized carbons (Fsp3) is 0.278. The molecule has 0 unspecified atom stereocenters. The Balaban J connectivity index is 1.78. The van der Waals surface area contributed by atoms with Crippen LogP contribution in [0.3, 0.4) is 0 Å². The van der Waals surface area contributed by atoms with Crippen molar-refractivity contribution < 1.29 is 4.79 Å². The van der Waals surface area contributed by atoms with E-state index in [1.54, 1.807) is 11.8 Å². The van der Waals surface area contributed by atoms with Gasteiger partial charge < -0.3 is 5.32 Å². The number of hydrogen-bond acceptors (Lipinski definition) is 2. The van der Waals surface area contributed by atoms with Gasteiger partial charge in [-0.25, -0.2) is 0 Å². The van der Waals surface area contributed by atoms with E-state index in [0.717, 1.165) is 11.3 Å². The molecule has 2 nitrogen and oxygen atoms in total. The molecule has 22 heavy (non-hydrogen) atoms. The highest BCUT2D eigenvalue weighted by Gasteiger charge is 2.12. The van der Waals surface area contributed by atoms with Crippen LogP contribution in [0.2, 0.25) is 5.02 Å². The molecule has 0 radical (unpaired) electrons. The van der Waals surface area contributed by atoms with Gasteiger partial charge in [0.25, 0.3) is 0 Å². The van der Waals surface area contributed by atoms with Crippen LogP contribution in [0, 0.1) is 6.92 Å². The molecule has 0 saturated carbocycles. The van der Waals surface area contributed by atoms with E-state index in [0.29, 0.717) is 10.8 Å². The summed E-state index contributed by atoms with van der Waals surface area (Å²) in [5, 5.41) is 3.67. The van der Waals surface area contributed by atoms with Crippen LogP contribution in [0.5, 0.6) is 0 Å². The second-order valence-electron chi connectivity index (χ2n) is 5.29. The molecule has 116 valence electrons. The van der Waals surface area contributed by atoms with Crippen molar-refractivity contribution >= 4 is 29.3 Å². The molecule has 2 aromatic rings. The molecule has 0 aromatic heterocycles. The SMILES string of the molecule is Cc1ccc(CSCC(=O)N[C@H](C)c2ccccc2Cl)cc1. The molecule has 0 bridgehead atoms. The minimum absolute atomic E-state index is 0.0320. The molecule has 1 atom stereocenters. The predicted molar refractivity (Wildman–Crippen MR) is 95.4 cm³/mol. The van der Waals surface area contributed by atoms with Crippen LogP contribution in [0.25, 0.3) is 0 Å². The molecule has 0 saturated heterocycles. The molecule has 0 aliphatic rings. The molecule has 0 aliphatic carbocycles. The average molecular weight is 334 g/mol. The fourth-order valence-electron chi connectivity index (χ4n) is 2.13. The van der Waals surface area contributed by atoms with Crippen molar-refractivity contribution in [1.29, 1.82) is 0 Å². The van der Waals surface area contributed by atoms with E-state index in [2.05, 4.69) is 36.5 Å². The smallest absolute Gasteiger partial charge is 0.230 e. The first kappa shape index (κ1) is 16.9. The van der Waals surface area contributed by atoms with E-state index in [-0.39, 0.29) is 11.9 Å². The maximum Gasteiger partial charge on any atom is 0.230 e. The molecule has 1 N–H and O–H groups in total. The summed E-state index contributed by atoms with van der Waals surface area (Å²) in [5.41, 5.74) is 3.43. The Kier molecular flexibility index (Phi) is 6.34. The lowest BCUT2D eigenvalue weighted by atomic mass is 10.1. The number of benzene rings is 2. The largest absolute Gasteiger partial charge is 0.349 e. The lowest BCUT2D eigenvalue weighted by molar-refractivity contribution is -0.119. The van der Waals surface area contributed by atoms with E-state index in [1.165, 1.54) is 11.1 Å². The highest BCUT2D eigenvalue weighted by Crippen LogP contribution is 2.22. The van der Waals surface area contributed by atoms with Crippen LogP contribution in [-0.2, 0) is 10.5 Å². The number of carbonyl (C=O) groups is 1. The Morgan fingerprint density at radius 2 is 1.86 bits per heavy atom. The highest BCUT2D eigenvalue weighted by molar-refractivity contribution is 7.99. The van der Waals surface area contributed by atoms with Crippen LogP contribution in [0.15, 0.2) is 48.5 Å². The van der Waals surface area contributed by atoms with Crippen molar-refractivity contribution in [2.24, 2.45) is 0 Å².